The SMILES string of the molecule is CC(C)(C)c1c([N+](=O)[O-])ccc(C(=O)OOC(=O)c2cc3c([N+](=O)[O-])c(c2[N+](=O)[O-])OO3)c1[N+](=O)[O-]. The Labute approximate surface area is 197 Å². The predicted molar refractivity (Wildman–Crippen MR) is 110 cm³/mol. The van der Waals surface area contributed by atoms with Crippen molar-refractivity contribution < 1.29 is 48.8 Å². The second-order valence-corrected chi connectivity index (χ2v) is 7.99. The molecule has 0 spiro atoms. The summed E-state index contributed by atoms with van der Waals surface area (Å²) in [6.07, 6.45) is 0. The van der Waals surface area contributed by atoms with Crippen LogP contribution in [0, 0.1) is 40.5 Å². The highest BCUT2D eigenvalue weighted by atomic mass is 17.2. The number of nitrogens with zero attached hydrogens (tertiary/aromatic N) is 4. The summed E-state index contributed by atoms with van der Waals surface area (Å²) >= 11 is 0. The van der Waals surface area contributed by atoms with E-state index in [1.165, 1.54) is 20.8 Å². The van der Waals surface area contributed by atoms with Crippen LogP contribution in [0.15, 0.2) is 18.2 Å². The molecule has 0 N–H and O–H groups in total. The fourth-order valence-corrected chi connectivity index (χ4v) is 3.34. The largest absolute Gasteiger partial charge is 0.393 e. The highest BCUT2D eigenvalue weighted by Crippen LogP contribution is 2.50. The Hall–Kier alpha value is -5.42. The second-order valence-electron chi connectivity index (χ2n) is 7.99. The van der Waals surface area contributed by atoms with Crippen molar-refractivity contribution in [2.75, 3.05) is 0 Å². The molecule has 2 aromatic carbocycles. The molecule has 0 atom stereocenters. The van der Waals surface area contributed by atoms with E-state index in [0.29, 0.717) is 12.1 Å². The van der Waals surface area contributed by atoms with E-state index in [9.17, 15) is 50.0 Å². The minimum Gasteiger partial charge on any atom is -0.282 e. The second kappa shape index (κ2) is 8.74. The normalized spacial score (nSPS) is 11.6. The van der Waals surface area contributed by atoms with Crippen molar-refractivity contribution in [2.45, 2.75) is 26.2 Å². The van der Waals surface area contributed by atoms with E-state index >= 15 is 0 Å². The molecule has 0 unspecified atom stereocenters. The van der Waals surface area contributed by atoms with E-state index in [1.807, 2.05) is 0 Å². The summed E-state index contributed by atoms with van der Waals surface area (Å²) in [5, 5.41) is 45.6. The quantitative estimate of drug-likeness (QED) is 0.309. The van der Waals surface area contributed by atoms with Crippen molar-refractivity contribution in [1.82, 2.24) is 0 Å². The summed E-state index contributed by atoms with van der Waals surface area (Å²) < 4.78 is 0. The van der Waals surface area contributed by atoms with Gasteiger partial charge in [0.2, 0.25) is 0 Å². The van der Waals surface area contributed by atoms with Crippen LogP contribution < -0.4 is 9.78 Å². The number of hydrogen-bond acceptors (Lipinski definition) is 14. The van der Waals surface area contributed by atoms with Crippen LogP contribution in [0.2, 0.25) is 0 Å². The molecule has 2 aromatic rings. The van der Waals surface area contributed by atoms with Crippen LogP contribution >= 0.6 is 0 Å². The Balaban J connectivity index is 1.99. The molecule has 2 bridgehead atoms. The zero-order valence-corrected chi connectivity index (χ0v) is 18.2. The molecular weight excluding hydrogens is 496 g/mol. The van der Waals surface area contributed by atoms with Gasteiger partial charge in [-0.25, -0.2) is 19.4 Å². The smallest absolute Gasteiger partial charge is 0.282 e. The predicted octanol–water partition coefficient (Wildman–Crippen LogP) is 3.23. The number of nitro groups is 4. The molecule has 0 saturated carbocycles. The highest BCUT2D eigenvalue weighted by Gasteiger charge is 2.45. The van der Waals surface area contributed by atoms with E-state index in [0.717, 1.165) is 6.07 Å². The third-order valence-electron chi connectivity index (χ3n) is 4.69. The van der Waals surface area contributed by atoms with Gasteiger partial charge >= 0.3 is 29.1 Å². The summed E-state index contributed by atoms with van der Waals surface area (Å²) in [6.45, 7) is 4.27. The Morgan fingerprint density at radius 2 is 1.28 bits per heavy atom. The molecule has 188 valence electrons. The van der Waals surface area contributed by atoms with E-state index in [-0.39, 0.29) is 0 Å². The molecule has 0 aromatic heterocycles. The lowest BCUT2D eigenvalue weighted by Gasteiger charge is -2.19. The maximum Gasteiger partial charge on any atom is 0.393 e. The number of carbonyl (C=O) groups is 2. The van der Waals surface area contributed by atoms with Crippen LogP contribution in [-0.4, -0.2) is 31.6 Å². The molecule has 1 aliphatic rings. The van der Waals surface area contributed by atoms with E-state index < -0.39 is 88.0 Å². The Kier molecular flexibility index (Phi) is 6.12. The van der Waals surface area contributed by atoms with Crippen molar-refractivity contribution in [3.05, 3.63) is 75.3 Å². The average Bonchev–Trinajstić information content (AvgIpc) is 3.08. The monoisotopic (exact) mass is 508 g/mol. The molecule has 18 heteroatoms. The zero-order valence-electron chi connectivity index (χ0n) is 18.2. The van der Waals surface area contributed by atoms with Crippen molar-refractivity contribution in [3.8, 4) is 11.5 Å². The van der Waals surface area contributed by atoms with Crippen molar-refractivity contribution in [2.24, 2.45) is 0 Å². The summed E-state index contributed by atoms with van der Waals surface area (Å²) in [5.41, 5.74) is -7.20. The first kappa shape index (κ1) is 25.2. The highest BCUT2D eigenvalue weighted by molar-refractivity contribution is 5.99. The summed E-state index contributed by atoms with van der Waals surface area (Å²) in [7, 11) is 0. The third kappa shape index (κ3) is 4.24. The number of rotatable bonds is 6. The maximum absolute atomic E-state index is 12.5. The topological polar surface area (TPSA) is 244 Å². The lowest BCUT2D eigenvalue weighted by atomic mass is 9.83. The van der Waals surface area contributed by atoms with Crippen LogP contribution in [0.5, 0.6) is 11.5 Å². The van der Waals surface area contributed by atoms with Gasteiger partial charge in [0.25, 0.3) is 17.1 Å². The van der Waals surface area contributed by atoms with Gasteiger partial charge in [0, 0.05) is 17.5 Å². The summed E-state index contributed by atoms with van der Waals surface area (Å²) in [4.78, 5) is 83.9. The average molecular weight is 508 g/mol. The standard InChI is InChI=1S/C18H12N4O14/c1-18(2,3)11-9(19(25)26)5-4-7(12(11)20(27)28)16(23)35-36-17(24)8-6-10-14(22(31)32)15(34-33-10)13(8)21(29)30/h4-6H,1-3H3. The first-order chi connectivity index (χ1) is 16.7. The zero-order chi connectivity index (χ0) is 27.1. The van der Waals surface area contributed by atoms with Crippen LogP contribution in [0.3, 0.4) is 0 Å². The molecule has 1 heterocycles. The number of nitro benzene ring substituents is 4. The fraction of sp³-hybridized carbons (Fsp3) is 0.222. The van der Waals surface area contributed by atoms with Gasteiger partial charge in [-0.15, -0.1) is 0 Å². The minimum absolute atomic E-state index is 0.418. The number of hydrogen-bond donors (Lipinski definition) is 0. The van der Waals surface area contributed by atoms with Gasteiger partial charge in [0.15, 0.2) is 5.56 Å². The van der Waals surface area contributed by atoms with Crippen molar-refractivity contribution in [1.29, 1.82) is 0 Å². The van der Waals surface area contributed by atoms with E-state index in [4.69, 9.17) is 0 Å². The third-order valence-corrected chi connectivity index (χ3v) is 4.69. The van der Waals surface area contributed by atoms with Crippen LogP contribution in [0.1, 0.15) is 47.1 Å². The minimum atomic E-state index is -1.71. The molecule has 0 saturated heterocycles. The molecular formula is C18H12N4O14. The number of carbonyl (C=O) groups excluding carboxylic acids is 2. The lowest BCUT2D eigenvalue weighted by Crippen LogP contribution is -2.20. The van der Waals surface area contributed by atoms with E-state index in [1.54, 1.807) is 0 Å². The van der Waals surface area contributed by atoms with Gasteiger partial charge in [-0.3, -0.25) is 50.2 Å². The molecule has 3 rings (SSSR count). The summed E-state index contributed by atoms with van der Waals surface area (Å²) in [5.74, 6) is -5.04. The lowest BCUT2D eigenvalue weighted by molar-refractivity contribution is -0.396. The molecule has 0 radical (unpaired) electrons. The van der Waals surface area contributed by atoms with Crippen molar-refractivity contribution >= 4 is 34.7 Å². The number of benzene rings is 2. The fourth-order valence-electron chi connectivity index (χ4n) is 3.34. The van der Waals surface area contributed by atoms with Gasteiger partial charge in [-0.05, 0) is 6.07 Å². The van der Waals surface area contributed by atoms with Gasteiger partial charge in [-0.2, -0.15) is 0 Å². The first-order valence-corrected chi connectivity index (χ1v) is 9.40. The Morgan fingerprint density at radius 1 is 0.750 bits per heavy atom. The van der Waals surface area contributed by atoms with Gasteiger partial charge in [0.1, 0.15) is 11.1 Å². The first-order valence-electron chi connectivity index (χ1n) is 9.40. The molecule has 36 heavy (non-hydrogen) atoms. The van der Waals surface area contributed by atoms with Gasteiger partial charge in [-0.1, -0.05) is 20.8 Å². The van der Waals surface area contributed by atoms with Crippen molar-refractivity contribution in [3.63, 3.8) is 0 Å². The summed E-state index contributed by atoms with van der Waals surface area (Å²) in [6, 6.07) is 2.07. The van der Waals surface area contributed by atoms with Gasteiger partial charge < -0.3 is 0 Å². The van der Waals surface area contributed by atoms with Crippen LogP contribution in [-0.2, 0) is 15.2 Å². The molecule has 0 amide bonds. The molecule has 1 aliphatic heterocycles. The van der Waals surface area contributed by atoms with Crippen LogP contribution in [0.25, 0.3) is 0 Å². The van der Waals surface area contributed by atoms with E-state index in [2.05, 4.69) is 19.6 Å². The molecule has 0 fully saturated rings. The maximum atomic E-state index is 12.5. The Morgan fingerprint density at radius 3 is 1.75 bits per heavy atom. The molecule has 18 nitrogen and oxygen atoms in total. The van der Waals surface area contributed by atoms with Crippen LogP contribution in [0.4, 0.5) is 22.7 Å². The Bertz CT molecular complexity index is 1380. The van der Waals surface area contributed by atoms with Gasteiger partial charge in [0.05, 0.1) is 19.7 Å². The number of fused-ring (bicyclic) bond motifs is 2. The molecule has 0 aliphatic carbocycles.